The van der Waals surface area contributed by atoms with Crippen molar-refractivity contribution in [2.24, 2.45) is 0 Å². The topological polar surface area (TPSA) is 43.8 Å². The zero-order valence-electron chi connectivity index (χ0n) is 12.9. The van der Waals surface area contributed by atoms with E-state index < -0.39 is 0 Å². The van der Waals surface area contributed by atoms with E-state index in [9.17, 15) is 14.3 Å². The molecule has 0 aliphatic carbocycles. The highest BCUT2D eigenvalue weighted by Crippen LogP contribution is 2.19. The second-order valence-electron chi connectivity index (χ2n) is 5.40. The third-order valence-corrected chi connectivity index (χ3v) is 5.04. The molecule has 6 heteroatoms. The molecule has 1 heterocycles. The van der Waals surface area contributed by atoms with E-state index in [1.165, 1.54) is 23.9 Å². The van der Waals surface area contributed by atoms with E-state index in [1.807, 2.05) is 4.90 Å². The molecule has 1 unspecified atom stereocenters. The highest BCUT2D eigenvalue weighted by atomic mass is 32.2. The van der Waals surface area contributed by atoms with Gasteiger partial charge in [0, 0.05) is 37.1 Å². The average molecular weight is 326 g/mol. The quantitative estimate of drug-likeness (QED) is 0.810. The maximum Gasteiger partial charge on any atom is 0.233 e. The van der Waals surface area contributed by atoms with Crippen LogP contribution in [0.25, 0.3) is 0 Å². The van der Waals surface area contributed by atoms with E-state index in [-0.39, 0.29) is 24.4 Å². The molecule has 1 aromatic rings. The van der Waals surface area contributed by atoms with E-state index >= 15 is 0 Å². The summed E-state index contributed by atoms with van der Waals surface area (Å²) < 4.78 is 12.8. The van der Waals surface area contributed by atoms with Crippen molar-refractivity contribution in [1.29, 1.82) is 0 Å². The van der Waals surface area contributed by atoms with Crippen LogP contribution in [-0.2, 0) is 4.79 Å². The maximum atomic E-state index is 12.8. The van der Waals surface area contributed by atoms with Crippen molar-refractivity contribution in [3.05, 3.63) is 30.1 Å². The molecule has 0 radical (unpaired) electrons. The van der Waals surface area contributed by atoms with Gasteiger partial charge in [-0.05, 0) is 30.7 Å². The van der Waals surface area contributed by atoms with E-state index in [4.69, 9.17) is 0 Å². The van der Waals surface area contributed by atoms with Crippen LogP contribution in [0.1, 0.15) is 13.3 Å². The molecule has 4 nitrogen and oxygen atoms in total. The first-order valence-corrected chi connectivity index (χ1v) is 8.63. The molecule has 1 aliphatic heterocycles. The molecular formula is C16H23FN2O2S. The largest absolute Gasteiger partial charge is 0.395 e. The zero-order valence-corrected chi connectivity index (χ0v) is 13.7. The van der Waals surface area contributed by atoms with Gasteiger partial charge in [0.05, 0.1) is 12.4 Å². The van der Waals surface area contributed by atoms with Crippen molar-refractivity contribution in [3.8, 4) is 0 Å². The van der Waals surface area contributed by atoms with Crippen LogP contribution in [0.4, 0.5) is 4.39 Å². The predicted octanol–water partition coefficient (Wildman–Crippen LogP) is 1.83. The van der Waals surface area contributed by atoms with Crippen LogP contribution in [-0.4, -0.2) is 65.4 Å². The number of hydrogen-bond donors (Lipinski definition) is 1. The van der Waals surface area contributed by atoms with Crippen LogP contribution >= 0.6 is 11.8 Å². The zero-order chi connectivity index (χ0) is 15.9. The summed E-state index contributed by atoms with van der Waals surface area (Å²) in [6, 6.07) is 6.40. The average Bonchev–Trinajstić information content (AvgIpc) is 2.56. The van der Waals surface area contributed by atoms with Gasteiger partial charge < -0.3 is 10.0 Å². The highest BCUT2D eigenvalue weighted by molar-refractivity contribution is 8.00. The molecule has 0 spiro atoms. The summed E-state index contributed by atoms with van der Waals surface area (Å²) in [6.45, 7) is 5.28. The number of amides is 1. The summed E-state index contributed by atoms with van der Waals surface area (Å²) in [7, 11) is 0. The number of rotatable bonds is 6. The summed E-state index contributed by atoms with van der Waals surface area (Å²) in [5.74, 6) is 0.232. The Morgan fingerprint density at radius 1 is 1.27 bits per heavy atom. The fourth-order valence-corrected chi connectivity index (χ4v) is 3.41. The first-order chi connectivity index (χ1) is 10.6. The Morgan fingerprint density at radius 2 is 1.91 bits per heavy atom. The maximum absolute atomic E-state index is 12.8. The molecule has 1 aromatic carbocycles. The summed E-state index contributed by atoms with van der Waals surface area (Å²) in [5, 5.41) is 9.33. The van der Waals surface area contributed by atoms with Crippen molar-refractivity contribution in [3.63, 3.8) is 0 Å². The Morgan fingerprint density at radius 3 is 2.45 bits per heavy atom. The molecule has 0 bridgehead atoms. The van der Waals surface area contributed by atoms with Gasteiger partial charge in [-0.3, -0.25) is 9.69 Å². The molecule has 1 N–H and O–H groups in total. The lowest BCUT2D eigenvalue weighted by molar-refractivity contribution is -0.130. The van der Waals surface area contributed by atoms with Gasteiger partial charge in [0.15, 0.2) is 0 Å². The standard InChI is InChI=1S/C16H23FN2O2S/c1-2-14(11-20)18-7-9-19(10-8-18)16(21)12-22-15-5-3-13(17)4-6-15/h3-6,14,20H,2,7-12H2,1H3. The third-order valence-electron chi connectivity index (χ3n) is 4.04. The minimum Gasteiger partial charge on any atom is -0.395 e. The second kappa shape index (κ2) is 8.50. The Hall–Kier alpha value is -1.11. The molecule has 0 saturated carbocycles. The molecule has 1 aliphatic rings. The van der Waals surface area contributed by atoms with Gasteiger partial charge in [0.25, 0.3) is 0 Å². The summed E-state index contributed by atoms with van der Waals surface area (Å²) in [5.41, 5.74) is 0. The van der Waals surface area contributed by atoms with Gasteiger partial charge in [0.2, 0.25) is 5.91 Å². The number of hydrogen-bond acceptors (Lipinski definition) is 4. The Labute approximate surface area is 135 Å². The molecular weight excluding hydrogens is 303 g/mol. The molecule has 1 saturated heterocycles. The predicted molar refractivity (Wildman–Crippen MR) is 86.4 cm³/mol. The van der Waals surface area contributed by atoms with Crippen LogP contribution < -0.4 is 0 Å². The molecule has 122 valence electrons. The highest BCUT2D eigenvalue weighted by Gasteiger charge is 2.24. The Balaban J connectivity index is 1.76. The first-order valence-electron chi connectivity index (χ1n) is 7.65. The van der Waals surface area contributed by atoms with Crippen LogP contribution in [0, 0.1) is 5.82 Å². The number of thioether (sulfide) groups is 1. The van der Waals surface area contributed by atoms with Gasteiger partial charge in [-0.2, -0.15) is 0 Å². The van der Waals surface area contributed by atoms with Gasteiger partial charge in [-0.25, -0.2) is 4.39 Å². The number of nitrogens with zero attached hydrogens (tertiary/aromatic N) is 2. The van der Waals surface area contributed by atoms with Crippen molar-refractivity contribution in [2.75, 3.05) is 38.5 Å². The number of aliphatic hydroxyl groups is 1. The summed E-state index contributed by atoms with van der Waals surface area (Å²) in [6.07, 6.45) is 0.921. The number of benzene rings is 1. The monoisotopic (exact) mass is 326 g/mol. The van der Waals surface area contributed by atoms with Gasteiger partial charge in [-0.1, -0.05) is 6.92 Å². The SMILES string of the molecule is CCC(CO)N1CCN(C(=O)CSc2ccc(F)cc2)CC1. The van der Waals surface area contributed by atoms with Crippen LogP contribution in [0.2, 0.25) is 0 Å². The number of carbonyl (C=O) groups is 1. The van der Waals surface area contributed by atoms with E-state index in [0.29, 0.717) is 18.8 Å². The van der Waals surface area contributed by atoms with E-state index in [0.717, 1.165) is 24.4 Å². The van der Waals surface area contributed by atoms with Gasteiger partial charge in [-0.15, -0.1) is 11.8 Å². The molecule has 0 aromatic heterocycles. The lowest BCUT2D eigenvalue weighted by Gasteiger charge is -2.38. The van der Waals surface area contributed by atoms with Crippen molar-refractivity contribution < 1.29 is 14.3 Å². The molecule has 2 rings (SSSR count). The number of carbonyl (C=O) groups excluding carboxylic acids is 1. The smallest absolute Gasteiger partial charge is 0.233 e. The van der Waals surface area contributed by atoms with Gasteiger partial charge in [0.1, 0.15) is 5.82 Å². The third kappa shape index (κ3) is 4.69. The molecule has 22 heavy (non-hydrogen) atoms. The normalized spacial score (nSPS) is 17.5. The minimum atomic E-state index is -0.263. The van der Waals surface area contributed by atoms with Crippen LogP contribution in [0.3, 0.4) is 0 Å². The Bertz CT molecular complexity index is 472. The first kappa shape index (κ1) is 17.2. The van der Waals surface area contributed by atoms with E-state index in [2.05, 4.69) is 11.8 Å². The van der Waals surface area contributed by atoms with Crippen LogP contribution in [0.15, 0.2) is 29.2 Å². The number of piperazine rings is 1. The summed E-state index contributed by atoms with van der Waals surface area (Å²) >= 11 is 1.44. The lowest BCUT2D eigenvalue weighted by atomic mass is 10.1. The summed E-state index contributed by atoms with van der Waals surface area (Å²) in [4.78, 5) is 17.2. The fourth-order valence-electron chi connectivity index (χ4n) is 2.61. The molecule has 1 fully saturated rings. The van der Waals surface area contributed by atoms with Crippen LogP contribution in [0.5, 0.6) is 0 Å². The molecule has 1 atom stereocenters. The van der Waals surface area contributed by atoms with Crippen molar-refractivity contribution in [2.45, 2.75) is 24.3 Å². The van der Waals surface area contributed by atoms with Crippen molar-refractivity contribution in [1.82, 2.24) is 9.80 Å². The minimum absolute atomic E-state index is 0.117. The Kier molecular flexibility index (Phi) is 6.67. The lowest BCUT2D eigenvalue weighted by Crippen LogP contribution is -2.53. The van der Waals surface area contributed by atoms with Gasteiger partial charge >= 0.3 is 0 Å². The fraction of sp³-hybridized carbons (Fsp3) is 0.562. The number of halogens is 1. The second-order valence-corrected chi connectivity index (χ2v) is 6.45. The van der Waals surface area contributed by atoms with Crippen molar-refractivity contribution >= 4 is 17.7 Å². The number of aliphatic hydroxyl groups excluding tert-OH is 1. The molecule has 1 amide bonds. The van der Waals surface area contributed by atoms with E-state index in [1.54, 1.807) is 12.1 Å².